The third kappa shape index (κ3) is 5.00. The maximum absolute atomic E-state index is 12.1. The molecular formula is C15H12BrClF3NO4. The highest BCUT2D eigenvalue weighted by atomic mass is 79.9. The van der Waals surface area contributed by atoms with Crippen LogP contribution in [0, 0.1) is 0 Å². The summed E-state index contributed by atoms with van der Waals surface area (Å²) in [7, 11) is 0. The lowest BCUT2D eigenvalue weighted by atomic mass is 9.96. The van der Waals surface area contributed by atoms with Gasteiger partial charge in [0.05, 0.1) is 6.04 Å². The summed E-state index contributed by atoms with van der Waals surface area (Å²) in [5, 5.41) is 19.2. The van der Waals surface area contributed by atoms with Crippen LogP contribution in [0.25, 0.3) is 0 Å². The summed E-state index contributed by atoms with van der Waals surface area (Å²) in [6.07, 6.45) is -4.80. The first-order valence-corrected chi connectivity index (χ1v) is 7.25. The first-order valence-electron chi connectivity index (χ1n) is 6.46. The lowest BCUT2D eigenvalue weighted by Gasteiger charge is -2.18. The Bertz CT molecular complexity index is 769. The molecule has 0 aliphatic heterocycles. The fraction of sp³-hybridized carbons (Fsp3) is 0.133. The Morgan fingerprint density at radius 3 is 2.20 bits per heavy atom. The van der Waals surface area contributed by atoms with E-state index < -0.39 is 29.9 Å². The zero-order valence-electron chi connectivity index (χ0n) is 12.2. The van der Waals surface area contributed by atoms with Crippen molar-refractivity contribution in [3.05, 3.63) is 57.6 Å². The van der Waals surface area contributed by atoms with Crippen molar-refractivity contribution >= 4 is 34.3 Å². The first kappa shape index (κ1) is 21.1. The van der Waals surface area contributed by atoms with Gasteiger partial charge in [-0.2, -0.15) is 0 Å². The number of benzene rings is 2. The minimum atomic E-state index is -4.80. The van der Waals surface area contributed by atoms with E-state index in [0.29, 0.717) is 10.0 Å². The van der Waals surface area contributed by atoms with E-state index in [9.17, 15) is 23.1 Å². The maximum atomic E-state index is 12.1. The number of hydrogen-bond acceptors (Lipinski definition) is 4. The number of nitrogens with two attached hydrogens (primary N) is 1. The van der Waals surface area contributed by atoms with Crippen LogP contribution in [0.5, 0.6) is 11.5 Å². The number of hydrogen-bond donors (Lipinski definition) is 3. The van der Waals surface area contributed by atoms with Gasteiger partial charge in [0.15, 0.2) is 0 Å². The second-order valence-electron chi connectivity index (χ2n) is 4.76. The van der Waals surface area contributed by atoms with E-state index in [2.05, 4.69) is 20.7 Å². The first-order chi connectivity index (χ1) is 11.1. The van der Waals surface area contributed by atoms with Crippen LogP contribution >= 0.6 is 28.3 Å². The van der Waals surface area contributed by atoms with Crippen molar-refractivity contribution in [2.24, 2.45) is 5.73 Å². The number of rotatable bonds is 4. The van der Waals surface area contributed by atoms with Gasteiger partial charge in [-0.25, -0.2) is 4.79 Å². The number of phenols is 1. The Hall–Kier alpha value is -1.97. The number of carboxylic acids is 1. The molecule has 2 rings (SSSR count). The minimum absolute atomic E-state index is 0. The van der Waals surface area contributed by atoms with Crippen LogP contribution in [-0.2, 0) is 0 Å². The van der Waals surface area contributed by atoms with E-state index in [0.717, 1.165) is 12.1 Å². The largest absolute Gasteiger partial charge is 0.573 e. The number of aromatic carboxylic acids is 1. The molecule has 0 heterocycles. The second kappa shape index (κ2) is 7.94. The van der Waals surface area contributed by atoms with Crippen molar-refractivity contribution in [1.82, 2.24) is 0 Å². The van der Waals surface area contributed by atoms with E-state index in [-0.39, 0.29) is 23.5 Å². The van der Waals surface area contributed by atoms with Crippen LogP contribution in [0.2, 0.25) is 0 Å². The topological polar surface area (TPSA) is 92.8 Å². The fourth-order valence-corrected chi connectivity index (χ4v) is 2.66. The minimum Gasteiger partial charge on any atom is -0.507 e. The van der Waals surface area contributed by atoms with E-state index in [1.54, 1.807) is 0 Å². The molecule has 5 nitrogen and oxygen atoms in total. The molecule has 10 heteroatoms. The molecule has 0 saturated heterocycles. The summed E-state index contributed by atoms with van der Waals surface area (Å²) in [5.41, 5.74) is 6.16. The number of halogens is 5. The van der Waals surface area contributed by atoms with Crippen molar-refractivity contribution in [2.75, 3.05) is 0 Å². The van der Waals surface area contributed by atoms with Crippen LogP contribution in [0.1, 0.15) is 27.5 Å². The van der Waals surface area contributed by atoms with Crippen molar-refractivity contribution in [3.8, 4) is 11.5 Å². The van der Waals surface area contributed by atoms with Gasteiger partial charge in [-0.15, -0.1) is 25.6 Å². The molecule has 0 aliphatic carbocycles. The second-order valence-corrected chi connectivity index (χ2v) is 5.61. The molecule has 0 saturated carbocycles. The monoisotopic (exact) mass is 441 g/mol. The number of alkyl halides is 3. The van der Waals surface area contributed by atoms with Gasteiger partial charge >= 0.3 is 12.3 Å². The van der Waals surface area contributed by atoms with Gasteiger partial charge in [-0.3, -0.25) is 0 Å². The molecule has 0 spiro atoms. The Morgan fingerprint density at radius 2 is 1.72 bits per heavy atom. The molecule has 2 aromatic carbocycles. The molecular weight excluding hydrogens is 431 g/mol. The van der Waals surface area contributed by atoms with Gasteiger partial charge in [0.25, 0.3) is 0 Å². The van der Waals surface area contributed by atoms with Crippen LogP contribution in [-0.4, -0.2) is 22.5 Å². The Kier molecular flexibility index (Phi) is 6.69. The average molecular weight is 443 g/mol. The third-order valence-corrected chi connectivity index (χ3v) is 3.87. The Balaban J connectivity index is 0.00000312. The predicted octanol–water partition coefficient (Wildman–Crippen LogP) is 4.22. The standard InChI is InChI=1S/C15H11BrF3NO4.ClH/c16-10-6-5-9(14(22)23)13(21)11(10)12(20)7-1-3-8(4-2-7)24-15(17,18)19;/h1-6,12,21H,20H2,(H,22,23);1H/t12-;/m1./s1. The van der Waals surface area contributed by atoms with Gasteiger partial charge in [-0.1, -0.05) is 28.1 Å². The van der Waals surface area contributed by atoms with E-state index >= 15 is 0 Å². The molecule has 0 fully saturated rings. The molecule has 0 aliphatic rings. The summed E-state index contributed by atoms with van der Waals surface area (Å²) in [6.45, 7) is 0. The quantitative estimate of drug-likeness (QED) is 0.659. The van der Waals surface area contributed by atoms with Gasteiger partial charge < -0.3 is 20.7 Å². The summed E-state index contributed by atoms with van der Waals surface area (Å²) in [4.78, 5) is 11.1. The van der Waals surface area contributed by atoms with E-state index in [1.807, 2.05) is 0 Å². The van der Waals surface area contributed by atoms with E-state index in [4.69, 9.17) is 10.8 Å². The van der Waals surface area contributed by atoms with Gasteiger partial charge in [0, 0.05) is 10.0 Å². The van der Waals surface area contributed by atoms with Crippen LogP contribution in [0.4, 0.5) is 13.2 Å². The van der Waals surface area contributed by atoms with Crippen molar-refractivity contribution in [2.45, 2.75) is 12.4 Å². The molecule has 2 aromatic rings. The molecule has 1 atom stereocenters. The molecule has 0 aromatic heterocycles. The van der Waals surface area contributed by atoms with Gasteiger partial charge in [-0.05, 0) is 29.8 Å². The highest BCUT2D eigenvalue weighted by Crippen LogP contribution is 2.37. The lowest BCUT2D eigenvalue weighted by molar-refractivity contribution is -0.274. The Morgan fingerprint density at radius 1 is 1.16 bits per heavy atom. The van der Waals surface area contributed by atoms with Crippen LogP contribution < -0.4 is 10.5 Å². The maximum Gasteiger partial charge on any atom is 0.573 e. The normalized spacial score (nSPS) is 12.2. The molecule has 0 bridgehead atoms. The summed E-state index contributed by atoms with van der Waals surface area (Å²) in [5.74, 6) is -2.26. The van der Waals surface area contributed by atoms with Crippen molar-refractivity contribution < 1.29 is 32.9 Å². The highest BCUT2D eigenvalue weighted by molar-refractivity contribution is 9.10. The molecule has 136 valence electrons. The SMILES string of the molecule is Cl.N[C@H](c1ccc(OC(F)(F)F)cc1)c1c(Br)ccc(C(=O)O)c1O. The highest BCUT2D eigenvalue weighted by Gasteiger charge is 2.31. The molecule has 0 radical (unpaired) electrons. The zero-order valence-corrected chi connectivity index (χ0v) is 14.7. The Labute approximate surface area is 154 Å². The van der Waals surface area contributed by atoms with Crippen molar-refractivity contribution in [1.29, 1.82) is 0 Å². The molecule has 25 heavy (non-hydrogen) atoms. The average Bonchev–Trinajstić information content (AvgIpc) is 2.45. The number of carbonyl (C=O) groups is 1. The predicted molar refractivity (Wildman–Crippen MR) is 89.2 cm³/mol. The zero-order chi connectivity index (χ0) is 18.1. The third-order valence-electron chi connectivity index (χ3n) is 3.18. The van der Waals surface area contributed by atoms with Crippen molar-refractivity contribution in [3.63, 3.8) is 0 Å². The molecule has 4 N–H and O–H groups in total. The smallest absolute Gasteiger partial charge is 0.507 e. The lowest BCUT2D eigenvalue weighted by Crippen LogP contribution is -2.17. The summed E-state index contributed by atoms with van der Waals surface area (Å²) >= 11 is 3.18. The number of carboxylic acid groups (broad SMARTS) is 1. The fourth-order valence-electron chi connectivity index (χ4n) is 2.10. The van der Waals surface area contributed by atoms with Gasteiger partial charge in [0.2, 0.25) is 0 Å². The van der Waals surface area contributed by atoms with E-state index in [1.165, 1.54) is 24.3 Å². The van der Waals surface area contributed by atoms with Crippen LogP contribution in [0.3, 0.4) is 0 Å². The number of ether oxygens (including phenoxy) is 1. The number of aromatic hydroxyl groups is 1. The summed E-state index contributed by atoms with van der Waals surface area (Å²) < 4.78 is 40.6. The van der Waals surface area contributed by atoms with Crippen LogP contribution in [0.15, 0.2) is 40.9 Å². The molecule has 0 amide bonds. The summed E-state index contributed by atoms with van der Waals surface area (Å²) in [6, 6.07) is 6.41. The molecule has 0 unspecified atom stereocenters. The van der Waals surface area contributed by atoms with Gasteiger partial charge in [0.1, 0.15) is 17.1 Å².